The third-order valence-electron chi connectivity index (χ3n) is 4.52. The molecule has 24 heavy (non-hydrogen) atoms. The van der Waals surface area contributed by atoms with Gasteiger partial charge in [-0.2, -0.15) is 5.10 Å². The first-order valence-corrected chi connectivity index (χ1v) is 8.31. The first kappa shape index (κ1) is 16.4. The molecule has 2 aromatic rings. The fraction of sp³-hybridized carbons (Fsp3) is 0.368. The van der Waals surface area contributed by atoms with E-state index < -0.39 is 0 Å². The van der Waals surface area contributed by atoms with Crippen LogP contribution in [0.3, 0.4) is 0 Å². The fourth-order valence-corrected chi connectivity index (χ4v) is 3.17. The second kappa shape index (κ2) is 6.99. The smallest absolute Gasteiger partial charge is 0.221 e. The molecule has 3 rings (SSSR count). The molecule has 1 aliphatic rings. The number of hydrogen-bond donors (Lipinski definition) is 1. The van der Waals surface area contributed by atoms with Crippen molar-refractivity contribution in [2.75, 3.05) is 0 Å². The van der Waals surface area contributed by atoms with Gasteiger partial charge in [-0.1, -0.05) is 12.2 Å². The summed E-state index contributed by atoms with van der Waals surface area (Å²) in [6.45, 7) is 3.91. The molecule has 0 spiro atoms. The van der Waals surface area contributed by atoms with Crippen molar-refractivity contribution in [3.8, 4) is 5.69 Å². The van der Waals surface area contributed by atoms with E-state index in [1.54, 1.807) is 23.0 Å². The van der Waals surface area contributed by atoms with E-state index in [-0.39, 0.29) is 17.8 Å². The van der Waals surface area contributed by atoms with Gasteiger partial charge in [-0.3, -0.25) is 4.79 Å². The third-order valence-corrected chi connectivity index (χ3v) is 4.52. The van der Waals surface area contributed by atoms with Crippen molar-refractivity contribution < 1.29 is 9.18 Å². The number of nitrogens with one attached hydrogen (secondary N) is 1. The highest BCUT2D eigenvalue weighted by Gasteiger charge is 2.19. The molecule has 5 heteroatoms. The average Bonchev–Trinajstić information content (AvgIpc) is 3.18. The second-order valence-electron chi connectivity index (χ2n) is 6.33. The summed E-state index contributed by atoms with van der Waals surface area (Å²) in [7, 11) is 0. The molecule has 0 saturated carbocycles. The second-order valence-corrected chi connectivity index (χ2v) is 6.33. The Hall–Kier alpha value is -2.43. The molecule has 1 aliphatic carbocycles. The molecule has 1 N–H and O–H groups in total. The number of allylic oxidation sites excluding steroid dienone is 2. The summed E-state index contributed by atoms with van der Waals surface area (Å²) < 4.78 is 14.8. The molecule has 0 unspecified atom stereocenters. The minimum Gasteiger partial charge on any atom is -0.349 e. The normalized spacial score (nSPS) is 17.9. The van der Waals surface area contributed by atoms with Crippen molar-refractivity contribution in [1.82, 2.24) is 15.1 Å². The number of halogens is 1. The number of nitrogens with zero attached hydrogens (tertiary/aromatic N) is 2. The molecule has 0 bridgehead atoms. The molecule has 0 saturated heterocycles. The number of benzene rings is 1. The third kappa shape index (κ3) is 3.55. The van der Waals surface area contributed by atoms with E-state index in [0.29, 0.717) is 12.3 Å². The van der Waals surface area contributed by atoms with E-state index in [0.717, 1.165) is 29.8 Å². The van der Waals surface area contributed by atoms with Gasteiger partial charge in [0.1, 0.15) is 5.82 Å². The molecule has 0 radical (unpaired) electrons. The minimum atomic E-state index is -0.273. The lowest BCUT2D eigenvalue weighted by molar-refractivity contribution is -0.122. The largest absolute Gasteiger partial charge is 0.349 e. The van der Waals surface area contributed by atoms with Crippen LogP contribution < -0.4 is 5.32 Å². The Kier molecular flexibility index (Phi) is 4.79. The zero-order valence-electron chi connectivity index (χ0n) is 14.0. The van der Waals surface area contributed by atoms with Gasteiger partial charge in [-0.25, -0.2) is 9.07 Å². The molecule has 0 fully saturated rings. The van der Waals surface area contributed by atoms with E-state index in [1.165, 1.54) is 12.1 Å². The molecular weight excluding hydrogens is 305 g/mol. The van der Waals surface area contributed by atoms with Crippen LogP contribution in [-0.2, 0) is 4.79 Å². The van der Waals surface area contributed by atoms with Crippen LogP contribution in [-0.4, -0.2) is 15.7 Å². The van der Waals surface area contributed by atoms with Crippen molar-refractivity contribution in [2.24, 2.45) is 5.92 Å². The van der Waals surface area contributed by atoms with Crippen LogP contribution in [0.5, 0.6) is 0 Å². The van der Waals surface area contributed by atoms with Crippen LogP contribution in [0.1, 0.15) is 43.5 Å². The predicted molar refractivity (Wildman–Crippen MR) is 91.3 cm³/mol. The summed E-state index contributed by atoms with van der Waals surface area (Å²) in [5.74, 6) is 0.151. The first-order chi connectivity index (χ1) is 11.5. The van der Waals surface area contributed by atoms with E-state index in [4.69, 9.17) is 0 Å². The fourth-order valence-electron chi connectivity index (χ4n) is 3.17. The van der Waals surface area contributed by atoms with Gasteiger partial charge < -0.3 is 5.32 Å². The standard InChI is InChI=1S/C19H22FN3O/c1-13(22-19(24)11-15-5-3-4-6-15)18-12-21-23(14(18)2)17-9-7-16(20)8-10-17/h3,5,7-10,12-13,15H,4,6,11H2,1-2H3,(H,22,24)/t13-,15+/m0/s1. The Morgan fingerprint density at radius 3 is 2.83 bits per heavy atom. The van der Waals surface area contributed by atoms with Crippen molar-refractivity contribution >= 4 is 5.91 Å². The molecule has 1 heterocycles. The number of amides is 1. The molecule has 0 aliphatic heterocycles. The summed E-state index contributed by atoms with van der Waals surface area (Å²) in [4.78, 5) is 12.2. The molecule has 1 aromatic carbocycles. The van der Waals surface area contributed by atoms with E-state index in [9.17, 15) is 9.18 Å². The van der Waals surface area contributed by atoms with E-state index in [2.05, 4.69) is 22.6 Å². The Morgan fingerprint density at radius 1 is 1.42 bits per heavy atom. The summed E-state index contributed by atoms with van der Waals surface area (Å²) in [5.41, 5.74) is 2.71. The van der Waals surface area contributed by atoms with Crippen molar-refractivity contribution in [3.05, 3.63) is 59.7 Å². The Balaban J connectivity index is 1.69. The monoisotopic (exact) mass is 327 g/mol. The highest BCUT2D eigenvalue weighted by Crippen LogP contribution is 2.23. The van der Waals surface area contributed by atoms with Crippen molar-refractivity contribution in [3.63, 3.8) is 0 Å². The Labute approximate surface area is 141 Å². The lowest BCUT2D eigenvalue weighted by Crippen LogP contribution is -2.28. The van der Waals surface area contributed by atoms with Gasteiger partial charge in [0.2, 0.25) is 5.91 Å². The zero-order chi connectivity index (χ0) is 17.1. The van der Waals surface area contributed by atoms with Gasteiger partial charge in [0.05, 0.1) is 17.9 Å². The van der Waals surface area contributed by atoms with Gasteiger partial charge in [0.15, 0.2) is 0 Å². The summed E-state index contributed by atoms with van der Waals surface area (Å²) >= 11 is 0. The van der Waals surface area contributed by atoms with Crippen LogP contribution in [0.25, 0.3) is 5.69 Å². The van der Waals surface area contributed by atoms with Gasteiger partial charge in [-0.05, 0) is 56.9 Å². The topological polar surface area (TPSA) is 46.9 Å². The number of rotatable bonds is 5. The highest BCUT2D eigenvalue weighted by atomic mass is 19.1. The van der Waals surface area contributed by atoms with E-state index in [1.807, 2.05) is 13.8 Å². The summed E-state index contributed by atoms with van der Waals surface area (Å²) in [5, 5.41) is 7.43. The molecular formula is C19H22FN3O. The minimum absolute atomic E-state index is 0.0629. The molecule has 126 valence electrons. The Bertz CT molecular complexity index is 748. The Morgan fingerprint density at radius 2 is 2.17 bits per heavy atom. The predicted octanol–water partition coefficient (Wildman–Crippen LogP) is 3.85. The van der Waals surface area contributed by atoms with Gasteiger partial charge in [0.25, 0.3) is 0 Å². The van der Waals surface area contributed by atoms with E-state index >= 15 is 0 Å². The SMILES string of the molecule is Cc1c([C@H](C)NC(=O)C[C@@H]2C=CCC2)cnn1-c1ccc(F)cc1. The van der Waals surface area contributed by atoms with Crippen LogP contribution in [0, 0.1) is 18.7 Å². The number of carbonyl (C=O) groups excluding carboxylic acids is 1. The van der Waals surface area contributed by atoms with Gasteiger partial charge >= 0.3 is 0 Å². The van der Waals surface area contributed by atoms with Crippen molar-refractivity contribution in [2.45, 2.75) is 39.2 Å². The van der Waals surface area contributed by atoms with Crippen molar-refractivity contribution in [1.29, 1.82) is 0 Å². The molecule has 2 atom stereocenters. The number of hydrogen-bond acceptors (Lipinski definition) is 2. The van der Waals surface area contributed by atoms with Crippen LogP contribution in [0.2, 0.25) is 0 Å². The summed E-state index contributed by atoms with van der Waals surface area (Å²) in [6, 6.07) is 6.09. The lowest BCUT2D eigenvalue weighted by Gasteiger charge is -2.15. The van der Waals surface area contributed by atoms with Crippen LogP contribution in [0.15, 0.2) is 42.6 Å². The quantitative estimate of drug-likeness (QED) is 0.848. The maximum Gasteiger partial charge on any atom is 0.221 e. The van der Waals surface area contributed by atoms with Gasteiger partial charge in [0, 0.05) is 17.7 Å². The van der Waals surface area contributed by atoms with Crippen LogP contribution in [0.4, 0.5) is 4.39 Å². The summed E-state index contributed by atoms with van der Waals surface area (Å²) in [6.07, 6.45) is 8.69. The zero-order valence-corrected chi connectivity index (χ0v) is 14.0. The van der Waals surface area contributed by atoms with Gasteiger partial charge in [-0.15, -0.1) is 0 Å². The highest BCUT2D eigenvalue weighted by molar-refractivity contribution is 5.77. The molecule has 1 aromatic heterocycles. The maximum absolute atomic E-state index is 13.1. The van der Waals surface area contributed by atoms with Crippen LogP contribution >= 0.6 is 0 Å². The first-order valence-electron chi connectivity index (χ1n) is 8.31. The number of carbonyl (C=O) groups is 1. The molecule has 4 nitrogen and oxygen atoms in total. The maximum atomic E-state index is 13.1. The molecule has 1 amide bonds. The lowest BCUT2D eigenvalue weighted by atomic mass is 10.0. The number of aromatic nitrogens is 2. The average molecular weight is 327 g/mol.